The lowest BCUT2D eigenvalue weighted by Crippen LogP contribution is -2.26. The van der Waals surface area contributed by atoms with E-state index in [2.05, 4.69) is 20.4 Å². The Hall–Kier alpha value is -2.28. The normalized spacial score (nSPS) is 14.2. The van der Waals surface area contributed by atoms with Gasteiger partial charge in [-0.25, -0.2) is 14.6 Å². The standard InChI is InChI=1S/C11H12N6O/c12-10(18)9-7-6-13-5-2-8(7)17(16-9)11-14-3-1-4-15-11/h1,3-4,13H,2,5-6H2,(H2,12,18). The zero-order chi connectivity index (χ0) is 12.5. The highest BCUT2D eigenvalue weighted by Gasteiger charge is 2.24. The monoisotopic (exact) mass is 244 g/mol. The summed E-state index contributed by atoms with van der Waals surface area (Å²) in [5, 5.41) is 7.44. The van der Waals surface area contributed by atoms with Crippen LogP contribution in [0.2, 0.25) is 0 Å². The molecule has 7 nitrogen and oxygen atoms in total. The quantitative estimate of drug-likeness (QED) is 0.735. The number of carbonyl (C=O) groups is 1. The first-order valence-electron chi connectivity index (χ1n) is 5.66. The Morgan fingerprint density at radius 3 is 2.89 bits per heavy atom. The molecule has 0 bridgehead atoms. The Balaban J connectivity index is 2.18. The molecule has 1 aliphatic rings. The average Bonchev–Trinajstić information content (AvgIpc) is 2.79. The van der Waals surface area contributed by atoms with E-state index in [1.54, 1.807) is 23.1 Å². The van der Waals surface area contributed by atoms with Crippen LogP contribution >= 0.6 is 0 Å². The van der Waals surface area contributed by atoms with Crippen molar-refractivity contribution in [3.63, 3.8) is 0 Å². The second-order valence-electron chi connectivity index (χ2n) is 4.03. The van der Waals surface area contributed by atoms with Gasteiger partial charge in [0, 0.05) is 37.5 Å². The fraction of sp³-hybridized carbons (Fsp3) is 0.273. The second-order valence-corrected chi connectivity index (χ2v) is 4.03. The Bertz CT molecular complexity index is 591. The maximum atomic E-state index is 11.4. The smallest absolute Gasteiger partial charge is 0.269 e. The summed E-state index contributed by atoms with van der Waals surface area (Å²) in [6.07, 6.45) is 4.05. The van der Waals surface area contributed by atoms with Crippen LogP contribution in [0.4, 0.5) is 0 Å². The fourth-order valence-corrected chi connectivity index (χ4v) is 2.11. The minimum absolute atomic E-state index is 0.296. The third-order valence-electron chi connectivity index (χ3n) is 2.91. The summed E-state index contributed by atoms with van der Waals surface area (Å²) >= 11 is 0. The molecule has 1 amide bonds. The molecular weight excluding hydrogens is 232 g/mol. The first-order valence-corrected chi connectivity index (χ1v) is 5.66. The van der Waals surface area contributed by atoms with E-state index >= 15 is 0 Å². The molecule has 0 aromatic carbocycles. The summed E-state index contributed by atoms with van der Waals surface area (Å²) < 4.78 is 1.61. The maximum absolute atomic E-state index is 11.4. The molecule has 0 unspecified atom stereocenters. The predicted molar refractivity (Wildman–Crippen MR) is 63.1 cm³/mol. The van der Waals surface area contributed by atoms with Crippen molar-refractivity contribution in [3.05, 3.63) is 35.4 Å². The molecule has 18 heavy (non-hydrogen) atoms. The summed E-state index contributed by atoms with van der Waals surface area (Å²) in [6.45, 7) is 1.43. The molecule has 0 fully saturated rings. The Kier molecular flexibility index (Phi) is 2.52. The number of hydrogen-bond acceptors (Lipinski definition) is 5. The molecule has 3 N–H and O–H groups in total. The van der Waals surface area contributed by atoms with Gasteiger partial charge in [0.25, 0.3) is 11.9 Å². The van der Waals surface area contributed by atoms with Crippen molar-refractivity contribution in [1.29, 1.82) is 0 Å². The number of nitrogens with two attached hydrogens (primary N) is 1. The van der Waals surface area contributed by atoms with E-state index in [4.69, 9.17) is 5.73 Å². The van der Waals surface area contributed by atoms with Crippen molar-refractivity contribution in [2.45, 2.75) is 13.0 Å². The molecule has 0 aliphatic carbocycles. The van der Waals surface area contributed by atoms with E-state index in [9.17, 15) is 4.79 Å². The Labute approximate surface area is 103 Å². The lowest BCUT2D eigenvalue weighted by atomic mass is 10.1. The molecule has 0 spiro atoms. The van der Waals surface area contributed by atoms with Crippen molar-refractivity contribution < 1.29 is 4.79 Å². The number of primary amides is 1. The third-order valence-corrected chi connectivity index (χ3v) is 2.91. The van der Waals surface area contributed by atoms with Gasteiger partial charge in [0.1, 0.15) is 0 Å². The SMILES string of the molecule is NC(=O)c1nn(-c2ncccn2)c2c1CNCC2. The largest absolute Gasteiger partial charge is 0.364 e. The molecule has 3 heterocycles. The van der Waals surface area contributed by atoms with Gasteiger partial charge in [-0.1, -0.05) is 0 Å². The number of hydrogen-bond donors (Lipinski definition) is 2. The maximum Gasteiger partial charge on any atom is 0.269 e. The van der Waals surface area contributed by atoms with Crippen LogP contribution in [0.3, 0.4) is 0 Å². The van der Waals surface area contributed by atoms with Crippen molar-refractivity contribution in [3.8, 4) is 5.95 Å². The van der Waals surface area contributed by atoms with Crippen molar-refractivity contribution >= 4 is 5.91 Å². The Morgan fingerprint density at radius 1 is 1.39 bits per heavy atom. The van der Waals surface area contributed by atoms with E-state index in [1.807, 2.05) is 0 Å². The molecule has 92 valence electrons. The third kappa shape index (κ3) is 1.65. The molecule has 0 atom stereocenters. The molecule has 0 saturated carbocycles. The molecule has 1 aliphatic heterocycles. The number of rotatable bonds is 2. The van der Waals surface area contributed by atoms with Crippen LogP contribution in [-0.2, 0) is 13.0 Å². The van der Waals surface area contributed by atoms with Crippen LogP contribution in [0.5, 0.6) is 0 Å². The fourth-order valence-electron chi connectivity index (χ4n) is 2.11. The van der Waals surface area contributed by atoms with Gasteiger partial charge in [-0.05, 0) is 6.07 Å². The highest BCUT2D eigenvalue weighted by atomic mass is 16.1. The number of nitrogens with one attached hydrogen (secondary N) is 1. The first-order chi connectivity index (χ1) is 8.77. The molecule has 0 radical (unpaired) electrons. The first kappa shape index (κ1) is 10.8. The molecule has 2 aromatic rings. The molecule has 3 rings (SSSR count). The van der Waals surface area contributed by atoms with Crippen LogP contribution in [0, 0.1) is 0 Å². The highest BCUT2D eigenvalue weighted by Crippen LogP contribution is 2.19. The summed E-state index contributed by atoms with van der Waals surface area (Å²) in [5.74, 6) is -0.0622. The summed E-state index contributed by atoms with van der Waals surface area (Å²) in [4.78, 5) is 19.7. The van der Waals surface area contributed by atoms with E-state index < -0.39 is 5.91 Å². The molecule has 2 aromatic heterocycles. The van der Waals surface area contributed by atoms with E-state index in [0.717, 1.165) is 24.2 Å². The number of carbonyl (C=O) groups excluding carboxylic acids is 1. The topological polar surface area (TPSA) is 98.7 Å². The van der Waals surface area contributed by atoms with Crippen LogP contribution in [0.25, 0.3) is 5.95 Å². The predicted octanol–water partition coefficient (Wildman–Crippen LogP) is -0.593. The van der Waals surface area contributed by atoms with Gasteiger partial charge in [-0.2, -0.15) is 5.10 Å². The van der Waals surface area contributed by atoms with Crippen molar-refractivity contribution in [1.82, 2.24) is 25.1 Å². The minimum Gasteiger partial charge on any atom is -0.364 e. The number of nitrogens with zero attached hydrogens (tertiary/aromatic N) is 4. The number of aromatic nitrogens is 4. The van der Waals surface area contributed by atoms with Crippen molar-refractivity contribution in [2.24, 2.45) is 5.73 Å². The van der Waals surface area contributed by atoms with E-state index in [1.165, 1.54) is 0 Å². The average molecular weight is 244 g/mol. The van der Waals surface area contributed by atoms with Gasteiger partial charge in [-0.3, -0.25) is 4.79 Å². The lowest BCUT2D eigenvalue weighted by Gasteiger charge is -2.14. The van der Waals surface area contributed by atoms with Crippen LogP contribution < -0.4 is 11.1 Å². The summed E-state index contributed by atoms with van der Waals surface area (Å²) in [5.41, 5.74) is 7.44. The number of amides is 1. The van der Waals surface area contributed by atoms with Gasteiger partial charge >= 0.3 is 0 Å². The minimum atomic E-state index is -0.523. The zero-order valence-corrected chi connectivity index (χ0v) is 9.63. The number of fused-ring (bicyclic) bond motifs is 1. The molecule has 7 heteroatoms. The molecular formula is C11H12N6O. The van der Waals surface area contributed by atoms with Gasteiger partial charge < -0.3 is 11.1 Å². The van der Waals surface area contributed by atoms with Gasteiger partial charge in [-0.15, -0.1) is 0 Å². The van der Waals surface area contributed by atoms with Gasteiger partial charge in [0.15, 0.2) is 5.69 Å². The van der Waals surface area contributed by atoms with Crippen LogP contribution in [-0.4, -0.2) is 32.2 Å². The van der Waals surface area contributed by atoms with Crippen molar-refractivity contribution in [2.75, 3.05) is 6.54 Å². The summed E-state index contributed by atoms with van der Waals surface area (Å²) in [7, 11) is 0. The van der Waals surface area contributed by atoms with E-state index in [-0.39, 0.29) is 0 Å². The van der Waals surface area contributed by atoms with Gasteiger partial charge in [0.2, 0.25) is 0 Å². The highest BCUT2D eigenvalue weighted by molar-refractivity contribution is 5.92. The van der Waals surface area contributed by atoms with Crippen LogP contribution in [0.1, 0.15) is 21.7 Å². The molecule has 0 saturated heterocycles. The second kappa shape index (κ2) is 4.19. The van der Waals surface area contributed by atoms with Crippen LogP contribution in [0.15, 0.2) is 18.5 Å². The van der Waals surface area contributed by atoms with Gasteiger partial charge in [0.05, 0.1) is 5.69 Å². The zero-order valence-electron chi connectivity index (χ0n) is 9.63. The summed E-state index contributed by atoms with van der Waals surface area (Å²) in [6, 6.07) is 1.73. The Morgan fingerprint density at radius 2 is 2.17 bits per heavy atom. The van der Waals surface area contributed by atoms with E-state index in [0.29, 0.717) is 18.2 Å². The lowest BCUT2D eigenvalue weighted by molar-refractivity contribution is 0.0994.